The summed E-state index contributed by atoms with van der Waals surface area (Å²) in [6.45, 7) is 4.35. The number of likely N-dealkylation sites (tertiary alicyclic amines) is 1. The molecule has 0 aromatic carbocycles. The second kappa shape index (κ2) is 9.09. The van der Waals surface area contributed by atoms with Crippen molar-refractivity contribution < 1.29 is 4.79 Å². The average molecular weight is 434 g/mol. The Labute approximate surface area is 155 Å². The minimum Gasteiger partial charge on any atom is -0.347 e. The number of aromatic nitrogens is 2. The Morgan fingerprint density at radius 3 is 2.78 bits per heavy atom. The number of halogens is 1. The molecule has 130 valence electrons. The summed E-state index contributed by atoms with van der Waals surface area (Å²) in [5.74, 6) is 1.41. The van der Waals surface area contributed by atoms with Crippen LogP contribution in [-0.2, 0) is 4.79 Å². The molecule has 1 aliphatic rings. The lowest BCUT2D eigenvalue weighted by Crippen LogP contribution is -2.50. The molecule has 2 atom stereocenters. The summed E-state index contributed by atoms with van der Waals surface area (Å²) >= 11 is 0. The van der Waals surface area contributed by atoms with Crippen LogP contribution in [0.1, 0.15) is 19.4 Å². The zero-order valence-corrected chi connectivity index (χ0v) is 16.6. The van der Waals surface area contributed by atoms with Crippen LogP contribution in [0.15, 0.2) is 23.7 Å². The smallest absolute Gasteiger partial charge is 0.241 e. The minimum absolute atomic E-state index is 0. The predicted molar refractivity (Wildman–Crippen MR) is 102 cm³/mol. The lowest BCUT2D eigenvalue weighted by Gasteiger charge is -2.39. The average Bonchev–Trinajstić information content (AvgIpc) is 3.03. The Kier molecular flexibility index (Phi) is 7.80. The molecular formula is C15H27IN6O. The lowest BCUT2D eigenvalue weighted by atomic mass is 9.93. The highest BCUT2D eigenvalue weighted by Crippen LogP contribution is 2.27. The second-order valence-corrected chi connectivity index (χ2v) is 5.98. The van der Waals surface area contributed by atoms with Crippen molar-refractivity contribution >= 4 is 35.8 Å². The molecule has 8 heteroatoms. The first-order valence-corrected chi connectivity index (χ1v) is 7.66. The van der Waals surface area contributed by atoms with Crippen LogP contribution in [0.3, 0.4) is 0 Å². The van der Waals surface area contributed by atoms with Gasteiger partial charge < -0.3 is 19.7 Å². The zero-order chi connectivity index (χ0) is 16.1. The van der Waals surface area contributed by atoms with Crippen molar-refractivity contribution in [1.29, 1.82) is 0 Å². The fraction of sp³-hybridized carbons (Fsp3) is 0.667. The first kappa shape index (κ1) is 19.7. The predicted octanol–water partition coefficient (Wildman–Crippen LogP) is 1.05. The number of hydrogen-bond donors (Lipinski definition) is 1. The zero-order valence-electron chi connectivity index (χ0n) is 14.3. The van der Waals surface area contributed by atoms with Crippen molar-refractivity contribution in [2.75, 3.05) is 40.8 Å². The molecule has 1 aromatic heterocycles. The molecule has 0 bridgehead atoms. The van der Waals surface area contributed by atoms with E-state index in [1.165, 1.54) is 0 Å². The third-order valence-corrected chi connectivity index (χ3v) is 4.23. The molecule has 7 nitrogen and oxygen atoms in total. The van der Waals surface area contributed by atoms with Gasteiger partial charge in [0, 0.05) is 46.6 Å². The molecule has 0 spiro atoms. The van der Waals surface area contributed by atoms with Crippen LogP contribution in [0.2, 0.25) is 0 Å². The van der Waals surface area contributed by atoms with Gasteiger partial charge in [-0.1, -0.05) is 6.92 Å². The first-order chi connectivity index (χ1) is 10.5. The van der Waals surface area contributed by atoms with Crippen molar-refractivity contribution in [3.8, 4) is 0 Å². The molecule has 0 aliphatic carbocycles. The van der Waals surface area contributed by atoms with E-state index in [0.29, 0.717) is 12.0 Å². The van der Waals surface area contributed by atoms with Crippen LogP contribution < -0.4 is 5.32 Å². The highest BCUT2D eigenvalue weighted by Gasteiger charge is 2.29. The molecule has 1 saturated heterocycles. The van der Waals surface area contributed by atoms with E-state index < -0.39 is 0 Å². The van der Waals surface area contributed by atoms with Gasteiger partial charge in [-0.3, -0.25) is 9.79 Å². The number of aliphatic imine (C=N–C) groups is 1. The standard InChI is InChI=1S/C15H26N6O.HI/c1-12-5-7-20(10-13(12)21-8-6-17-11-21)15(16-2)18-9-14(22)19(3)4;/h6,8,11-13H,5,7,9-10H2,1-4H3,(H,16,18);1H. The number of nitrogens with one attached hydrogen (secondary N) is 1. The lowest BCUT2D eigenvalue weighted by molar-refractivity contribution is -0.127. The maximum absolute atomic E-state index is 11.7. The summed E-state index contributed by atoms with van der Waals surface area (Å²) in [4.78, 5) is 24.0. The maximum atomic E-state index is 11.7. The number of carbonyl (C=O) groups excluding carboxylic acids is 1. The number of amides is 1. The van der Waals surface area contributed by atoms with E-state index in [9.17, 15) is 4.79 Å². The van der Waals surface area contributed by atoms with E-state index in [-0.39, 0.29) is 36.4 Å². The van der Waals surface area contributed by atoms with E-state index in [4.69, 9.17) is 0 Å². The number of rotatable bonds is 3. The molecule has 2 unspecified atom stereocenters. The van der Waals surface area contributed by atoms with Gasteiger partial charge in [0.2, 0.25) is 5.91 Å². The largest absolute Gasteiger partial charge is 0.347 e. The summed E-state index contributed by atoms with van der Waals surface area (Å²) in [6.07, 6.45) is 6.78. The minimum atomic E-state index is 0. The quantitative estimate of drug-likeness (QED) is 0.439. The van der Waals surface area contributed by atoms with Gasteiger partial charge >= 0.3 is 0 Å². The Morgan fingerprint density at radius 2 is 2.22 bits per heavy atom. The summed E-state index contributed by atoms with van der Waals surface area (Å²) < 4.78 is 2.16. The molecule has 0 saturated carbocycles. The van der Waals surface area contributed by atoms with Crippen LogP contribution in [0, 0.1) is 5.92 Å². The number of carbonyl (C=O) groups is 1. The van der Waals surface area contributed by atoms with Gasteiger partial charge in [0.25, 0.3) is 0 Å². The first-order valence-electron chi connectivity index (χ1n) is 7.66. The van der Waals surface area contributed by atoms with Gasteiger partial charge in [0.15, 0.2) is 5.96 Å². The number of nitrogens with zero attached hydrogens (tertiary/aromatic N) is 5. The van der Waals surface area contributed by atoms with Crippen LogP contribution in [0.25, 0.3) is 0 Å². The van der Waals surface area contributed by atoms with E-state index in [1.807, 2.05) is 18.7 Å². The Bertz CT molecular complexity index is 516. The number of guanidine groups is 1. The Hall–Kier alpha value is -1.32. The van der Waals surface area contributed by atoms with Crippen molar-refractivity contribution in [2.24, 2.45) is 10.9 Å². The van der Waals surface area contributed by atoms with Gasteiger partial charge in [0.05, 0.1) is 18.9 Å². The number of likely N-dealkylation sites (N-methyl/N-ethyl adjacent to an activating group) is 1. The van der Waals surface area contributed by atoms with E-state index in [0.717, 1.165) is 25.5 Å². The van der Waals surface area contributed by atoms with E-state index >= 15 is 0 Å². The highest BCUT2D eigenvalue weighted by atomic mass is 127. The Morgan fingerprint density at radius 1 is 1.48 bits per heavy atom. The van der Waals surface area contributed by atoms with Crippen LogP contribution in [0.5, 0.6) is 0 Å². The molecule has 0 radical (unpaired) electrons. The summed E-state index contributed by atoms with van der Waals surface area (Å²) in [7, 11) is 5.27. The third kappa shape index (κ3) is 5.08. The molecular weight excluding hydrogens is 407 g/mol. The van der Waals surface area contributed by atoms with E-state index in [1.54, 1.807) is 26.0 Å². The van der Waals surface area contributed by atoms with Gasteiger partial charge in [0.1, 0.15) is 0 Å². The maximum Gasteiger partial charge on any atom is 0.241 e. The topological polar surface area (TPSA) is 65.8 Å². The van der Waals surface area contributed by atoms with Crippen LogP contribution in [-0.4, -0.2) is 72.0 Å². The number of hydrogen-bond acceptors (Lipinski definition) is 3. The summed E-state index contributed by atoms with van der Waals surface area (Å²) in [5.41, 5.74) is 0. The molecule has 2 heterocycles. The van der Waals surface area contributed by atoms with Crippen molar-refractivity contribution in [3.05, 3.63) is 18.7 Å². The van der Waals surface area contributed by atoms with E-state index in [2.05, 4.69) is 31.7 Å². The molecule has 1 amide bonds. The monoisotopic (exact) mass is 434 g/mol. The van der Waals surface area contributed by atoms with Gasteiger partial charge in [-0.05, 0) is 12.3 Å². The Balaban J connectivity index is 0.00000264. The van der Waals surface area contributed by atoms with Crippen LogP contribution >= 0.6 is 24.0 Å². The molecule has 1 aliphatic heterocycles. The normalized spacial score (nSPS) is 21.6. The fourth-order valence-electron chi connectivity index (χ4n) is 2.74. The molecule has 1 N–H and O–H groups in total. The highest BCUT2D eigenvalue weighted by molar-refractivity contribution is 14.0. The van der Waals surface area contributed by atoms with Crippen LogP contribution in [0.4, 0.5) is 0 Å². The molecule has 1 fully saturated rings. The van der Waals surface area contributed by atoms with Crippen molar-refractivity contribution in [2.45, 2.75) is 19.4 Å². The summed E-state index contributed by atoms with van der Waals surface area (Å²) in [5, 5.41) is 3.16. The fourth-order valence-corrected chi connectivity index (χ4v) is 2.74. The molecule has 1 aromatic rings. The summed E-state index contributed by atoms with van der Waals surface area (Å²) in [6, 6.07) is 0.374. The third-order valence-electron chi connectivity index (χ3n) is 4.23. The number of imidazole rings is 1. The van der Waals surface area contributed by atoms with Crippen molar-refractivity contribution in [3.63, 3.8) is 0 Å². The molecule has 2 rings (SSSR count). The second-order valence-electron chi connectivity index (χ2n) is 5.98. The molecule has 23 heavy (non-hydrogen) atoms. The van der Waals surface area contributed by atoms with Crippen molar-refractivity contribution in [1.82, 2.24) is 24.7 Å². The van der Waals surface area contributed by atoms with Gasteiger partial charge in [-0.2, -0.15) is 0 Å². The number of piperidine rings is 1. The van der Waals surface area contributed by atoms with Gasteiger partial charge in [-0.15, -0.1) is 24.0 Å². The van der Waals surface area contributed by atoms with Gasteiger partial charge in [-0.25, -0.2) is 4.98 Å². The SMILES string of the molecule is CN=C(NCC(=O)N(C)C)N1CCC(C)C(n2ccnc2)C1.I.